The second kappa shape index (κ2) is 7.37. The van der Waals surface area contributed by atoms with Gasteiger partial charge >= 0.3 is 0 Å². The first kappa shape index (κ1) is 16.4. The monoisotopic (exact) mass is 354 g/mol. The number of anilines is 1. The summed E-state index contributed by atoms with van der Waals surface area (Å²) in [6, 6.07) is 11.2. The largest absolute Gasteiger partial charge is 0.482 e. The van der Waals surface area contributed by atoms with Crippen LogP contribution in [-0.2, 0) is 4.79 Å². The molecule has 0 fully saturated rings. The SMILES string of the molecule is N#Cc1ccc(Cl)cc1NC(=O)COc1ccc(Cl)cc1Cl. The molecule has 0 unspecified atom stereocenters. The van der Waals surface area contributed by atoms with E-state index in [1.165, 1.54) is 18.2 Å². The summed E-state index contributed by atoms with van der Waals surface area (Å²) < 4.78 is 5.31. The molecule has 0 radical (unpaired) electrons. The van der Waals surface area contributed by atoms with Gasteiger partial charge in [-0.15, -0.1) is 0 Å². The van der Waals surface area contributed by atoms with E-state index in [1.54, 1.807) is 18.2 Å². The summed E-state index contributed by atoms with van der Waals surface area (Å²) in [5, 5.41) is 12.7. The van der Waals surface area contributed by atoms with Crippen molar-refractivity contribution < 1.29 is 9.53 Å². The van der Waals surface area contributed by atoms with Gasteiger partial charge in [0.25, 0.3) is 5.91 Å². The standard InChI is InChI=1S/C15H9Cl3N2O2/c16-10-3-4-14(12(18)5-10)22-8-15(21)20-13-6-11(17)2-1-9(13)7-19/h1-6H,8H2,(H,20,21). The zero-order valence-corrected chi connectivity index (χ0v) is 13.3. The minimum absolute atomic E-state index is 0.265. The number of carbonyl (C=O) groups excluding carboxylic acids is 1. The van der Waals surface area contributed by atoms with Crippen molar-refractivity contribution >= 4 is 46.4 Å². The highest BCUT2D eigenvalue weighted by Gasteiger charge is 2.10. The maximum absolute atomic E-state index is 11.9. The highest BCUT2D eigenvalue weighted by Crippen LogP contribution is 2.27. The molecule has 1 amide bonds. The minimum Gasteiger partial charge on any atom is -0.482 e. The number of hydrogen-bond donors (Lipinski definition) is 1. The Morgan fingerprint density at radius 2 is 1.82 bits per heavy atom. The Kier molecular flexibility index (Phi) is 5.51. The van der Waals surface area contributed by atoms with E-state index in [-0.39, 0.29) is 6.61 Å². The average molecular weight is 356 g/mol. The minimum atomic E-state index is -0.440. The molecule has 22 heavy (non-hydrogen) atoms. The van der Waals surface area contributed by atoms with Crippen molar-refractivity contribution in [2.75, 3.05) is 11.9 Å². The molecule has 0 atom stereocenters. The summed E-state index contributed by atoms with van der Waals surface area (Å²) in [6.45, 7) is -0.265. The van der Waals surface area contributed by atoms with Gasteiger partial charge in [0.15, 0.2) is 6.61 Å². The second-order valence-corrected chi connectivity index (χ2v) is 5.49. The van der Waals surface area contributed by atoms with Gasteiger partial charge in [0.05, 0.1) is 16.3 Å². The Balaban J connectivity index is 2.02. The number of rotatable bonds is 4. The Labute approximate surface area is 142 Å². The highest BCUT2D eigenvalue weighted by molar-refractivity contribution is 6.35. The van der Waals surface area contributed by atoms with Gasteiger partial charge in [0, 0.05) is 10.0 Å². The van der Waals surface area contributed by atoms with Gasteiger partial charge < -0.3 is 10.1 Å². The molecule has 0 aliphatic carbocycles. The lowest BCUT2D eigenvalue weighted by Gasteiger charge is -2.10. The second-order valence-electron chi connectivity index (χ2n) is 4.21. The first-order valence-electron chi connectivity index (χ1n) is 6.07. The number of ether oxygens (including phenoxy) is 1. The molecule has 0 bridgehead atoms. The Bertz CT molecular complexity index is 757. The van der Waals surface area contributed by atoms with Crippen molar-refractivity contribution in [3.8, 4) is 11.8 Å². The summed E-state index contributed by atoms with van der Waals surface area (Å²) in [5.74, 6) is -0.0994. The lowest BCUT2D eigenvalue weighted by atomic mass is 10.2. The van der Waals surface area contributed by atoms with Gasteiger partial charge in [0.1, 0.15) is 11.8 Å². The average Bonchev–Trinajstić information content (AvgIpc) is 2.46. The lowest BCUT2D eigenvalue weighted by Crippen LogP contribution is -2.20. The van der Waals surface area contributed by atoms with Gasteiger partial charge in [-0.05, 0) is 36.4 Å². The Morgan fingerprint density at radius 1 is 1.14 bits per heavy atom. The Hall–Kier alpha value is -1.93. The van der Waals surface area contributed by atoms with Gasteiger partial charge in [-0.2, -0.15) is 5.26 Å². The number of nitrogens with zero attached hydrogens (tertiary/aromatic N) is 1. The van der Waals surface area contributed by atoms with Crippen LogP contribution in [0.25, 0.3) is 0 Å². The molecule has 2 aromatic rings. The maximum atomic E-state index is 11.9. The van der Waals surface area contributed by atoms with Crippen LogP contribution in [0.3, 0.4) is 0 Å². The van der Waals surface area contributed by atoms with Crippen LogP contribution in [0.4, 0.5) is 5.69 Å². The van der Waals surface area contributed by atoms with Crippen molar-refractivity contribution in [1.82, 2.24) is 0 Å². The molecule has 0 saturated heterocycles. The number of benzene rings is 2. The molecule has 0 aliphatic rings. The summed E-state index contributed by atoms with van der Waals surface area (Å²) in [7, 11) is 0. The fourth-order valence-electron chi connectivity index (χ4n) is 1.64. The van der Waals surface area contributed by atoms with Crippen molar-refractivity contribution in [2.45, 2.75) is 0 Å². The van der Waals surface area contributed by atoms with E-state index in [0.717, 1.165) is 0 Å². The van der Waals surface area contributed by atoms with Crippen LogP contribution >= 0.6 is 34.8 Å². The number of halogens is 3. The van der Waals surface area contributed by atoms with Crippen LogP contribution < -0.4 is 10.1 Å². The quantitative estimate of drug-likeness (QED) is 0.876. The van der Waals surface area contributed by atoms with E-state index in [9.17, 15) is 4.79 Å². The highest BCUT2D eigenvalue weighted by atomic mass is 35.5. The topological polar surface area (TPSA) is 62.1 Å². The van der Waals surface area contributed by atoms with E-state index < -0.39 is 5.91 Å². The van der Waals surface area contributed by atoms with E-state index in [1.807, 2.05) is 6.07 Å². The third kappa shape index (κ3) is 4.28. The van der Waals surface area contributed by atoms with Crippen molar-refractivity contribution in [2.24, 2.45) is 0 Å². The third-order valence-electron chi connectivity index (χ3n) is 2.63. The van der Waals surface area contributed by atoms with Crippen LogP contribution in [0.5, 0.6) is 5.75 Å². The number of carbonyl (C=O) groups is 1. The van der Waals surface area contributed by atoms with Gasteiger partial charge in [-0.1, -0.05) is 34.8 Å². The van der Waals surface area contributed by atoms with Crippen molar-refractivity contribution in [3.63, 3.8) is 0 Å². The number of hydrogen-bond acceptors (Lipinski definition) is 3. The normalized spacial score (nSPS) is 9.91. The zero-order valence-electron chi connectivity index (χ0n) is 11.1. The summed E-state index contributed by atoms with van der Waals surface area (Å²) in [5.41, 5.74) is 0.632. The van der Waals surface area contributed by atoms with Crippen LogP contribution in [0.2, 0.25) is 15.1 Å². The van der Waals surface area contributed by atoms with Crippen molar-refractivity contribution in [3.05, 3.63) is 57.0 Å². The summed E-state index contributed by atoms with van der Waals surface area (Å²) in [4.78, 5) is 11.9. The molecule has 112 valence electrons. The van der Waals surface area contributed by atoms with E-state index >= 15 is 0 Å². The molecule has 0 spiro atoms. The van der Waals surface area contributed by atoms with Gasteiger partial charge in [-0.25, -0.2) is 0 Å². The van der Waals surface area contributed by atoms with E-state index in [0.29, 0.717) is 32.1 Å². The summed E-state index contributed by atoms with van der Waals surface area (Å²) >= 11 is 17.6. The molecule has 0 heterocycles. The fraction of sp³-hybridized carbons (Fsp3) is 0.0667. The fourth-order valence-corrected chi connectivity index (χ4v) is 2.27. The van der Waals surface area contributed by atoms with Crippen LogP contribution in [0.15, 0.2) is 36.4 Å². The predicted octanol–water partition coefficient (Wildman–Crippen LogP) is 4.54. The first-order chi connectivity index (χ1) is 10.5. The summed E-state index contributed by atoms with van der Waals surface area (Å²) in [6.07, 6.45) is 0. The molecular formula is C15H9Cl3N2O2. The molecule has 0 saturated carbocycles. The van der Waals surface area contributed by atoms with E-state index in [4.69, 9.17) is 44.8 Å². The molecule has 2 aromatic carbocycles. The molecule has 2 rings (SSSR count). The molecule has 7 heteroatoms. The zero-order chi connectivity index (χ0) is 16.1. The lowest BCUT2D eigenvalue weighted by molar-refractivity contribution is -0.118. The first-order valence-corrected chi connectivity index (χ1v) is 7.20. The van der Waals surface area contributed by atoms with Gasteiger partial charge in [0.2, 0.25) is 0 Å². The van der Waals surface area contributed by atoms with Crippen LogP contribution in [0.1, 0.15) is 5.56 Å². The molecule has 0 aliphatic heterocycles. The molecule has 1 N–H and O–H groups in total. The Morgan fingerprint density at radius 3 is 2.50 bits per heavy atom. The smallest absolute Gasteiger partial charge is 0.262 e. The molecular weight excluding hydrogens is 347 g/mol. The third-order valence-corrected chi connectivity index (χ3v) is 3.39. The van der Waals surface area contributed by atoms with Crippen LogP contribution in [0, 0.1) is 11.3 Å². The predicted molar refractivity (Wildman–Crippen MR) is 86.8 cm³/mol. The molecule has 0 aromatic heterocycles. The molecule has 4 nitrogen and oxygen atoms in total. The number of nitrogens with one attached hydrogen (secondary N) is 1. The van der Waals surface area contributed by atoms with Crippen molar-refractivity contribution in [1.29, 1.82) is 5.26 Å². The maximum Gasteiger partial charge on any atom is 0.262 e. The number of nitriles is 1. The van der Waals surface area contributed by atoms with Gasteiger partial charge in [-0.3, -0.25) is 4.79 Å². The van der Waals surface area contributed by atoms with E-state index in [2.05, 4.69) is 5.32 Å². The number of amides is 1. The van der Waals surface area contributed by atoms with Crippen LogP contribution in [-0.4, -0.2) is 12.5 Å².